The van der Waals surface area contributed by atoms with Crippen molar-refractivity contribution in [2.75, 3.05) is 18.4 Å². The largest absolute Gasteiger partial charge is 0.326 e. The second-order valence-electron chi connectivity index (χ2n) is 9.83. The first-order valence-electron chi connectivity index (χ1n) is 12.7. The van der Waals surface area contributed by atoms with Gasteiger partial charge in [0.15, 0.2) is 0 Å². The van der Waals surface area contributed by atoms with E-state index in [-0.39, 0.29) is 29.3 Å². The summed E-state index contributed by atoms with van der Waals surface area (Å²) >= 11 is 0. The maximum Gasteiger partial charge on any atom is 0.318 e. The second-order valence-corrected chi connectivity index (χ2v) is 9.83. The fourth-order valence-electron chi connectivity index (χ4n) is 5.41. The number of hydrogen-bond donors (Lipinski definition) is 2. The third-order valence-corrected chi connectivity index (χ3v) is 7.29. The van der Waals surface area contributed by atoms with E-state index in [1.807, 2.05) is 65.2 Å². The smallest absolute Gasteiger partial charge is 0.318 e. The Labute approximate surface area is 211 Å². The molecule has 0 spiro atoms. The van der Waals surface area contributed by atoms with Gasteiger partial charge in [-0.3, -0.25) is 9.59 Å². The number of amides is 3. The number of urea groups is 1. The van der Waals surface area contributed by atoms with E-state index in [1.54, 1.807) is 17.0 Å². The monoisotopic (exact) mass is 484 g/mol. The summed E-state index contributed by atoms with van der Waals surface area (Å²) in [6.07, 6.45) is 2.29. The lowest BCUT2D eigenvalue weighted by Crippen LogP contribution is -2.55. The molecule has 3 aromatic rings. The number of likely N-dealkylation sites (tertiary alicyclic amines) is 1. The van der Waals surface area contributed by atoms with Gasteiger partial charge in [-0.2, -0.15) is 0 Å². The standard InChI is InChI=1S/C29H32N4O3/c1-2-20-11-13-24(14-12-20)30-28(35)25(16-21-7-4-3-5-8-21)31-29(36)32-17-22-15-23(19-32)26-9-6-10-27(34)33(26)18-22/h3-14,22-23,25H,2,15-19H2,1H3,(H,30,35)(H,31,36). The fourth-order valence-corrected chi connectivity index (χ4v) is 5.41. The lowest BCUT2D eigenvalue weighted by Gasteiger charge is -2.43. The number of anilines is 1. The van der Waals surface area contributed by atoms with Crippen molar-refractivity contribution in [2.45, 2.75) is 44.7 Å². The Hall–Kier alpha value is -3.87. The highest BCUT2D eigenvalue weighted by Crippen LogP contribution is 2.34. The molecule has 5 rings (SSSR count). The first kappa shape index (κ1) is 23.9. The number of aryl methyl sites for hydroxylation is 1. The number of carbonyl (C=O) groups excluding carboxylic acids is 2. The third-order valence-electron chi connectivity index (χ3n) is 7.29. The van der Waals surface area contributed by atoms with E-state index in [0.29, 0.717) is 31.7 Å². The van der Waals surface area contributed by atoms with Crippen molar-refractivity contribution < 1.29 is 9.59 Å². The molecule has 0 radical (unpaired) electrons. The van der Waals surface area contributed by atoms with Gasteiger partial charge in [-0.05, 0) is 48.1 Å². The average Bonchev–Trinajstić information content (AvgIpc) is 2.90. The minimum Gasteiger partial charge on any atom is -0.326 e. The zero-order chi connectivity index (χ0) is 25.1. The van der Waals surface area contributed by atoms with Crippen LogP contribution in [0.2, 0.25) is 0 Å². The number of hydrogen-bond acceptors (Lipinski definition) is 3. The number of pyridine rings is 1. The molecule has 36 heavy (non-hydrogen) atoms. The summed E-state index contributed by atoms with van der Waals surface area (Å²) in [7, 11) is 0. The van der Waals surface area contributed by atoms with Crippen molar-refractivity contribution in [3.05, 3.63) is 100.0 Å². The molecule has 0 saturated carbocycles. The molecule has 3 heterocycles. The Morgan fingerprint density at radius 2 is 1.69 bits per heavy atom. The first-order valence-corrected chi connectivity index (χ1v) is 12.7. The molecule has 2 bridgehead atoms. The molecule has 3 unspecified atom stereocenters. The number of piperidine rings is 1. The molecular weight excluding hydrogens is 452 g/mol. The van der Waals surface area contributed by atoms with Crippen LogP contribution in [0.25, 0.3) is 0 Å². The quantitative estimate of drug-likeness (QED) is 0.559. The molecule has 2 aliphatic rings. The van der Waals surface area contributed by atoms with Gasteiger partial charge in [0.25, 0.3) is 5.56 Å². The second kappa shape index (κ2) is 10.4. The molecule has 2 aliphatic heterocycles. The van der Waals surface area contributed by atoms with E-state index >= 15 is 0 Å². The Balaban J connectivity index is 1.31. The van der Waals surface area contributed by atoms with Crippen LogP contribution < -0.4 is 16.2 Å². The number of aromatic nitrogens is 1. The third kappa shape index (κ3) is 5.20. The summed E-state index contributed by atoms with van der Waals surface area (Å²) < 4.78 is 1.85. The van der Waals surface area contributed by atoms with Gasteiger partial charge >= 0.3 is 6.03 Å². The molecule has 3 amide bonds. The summed E-state index contributed by atoms with van der Waals surface area (Å²) in [4.78, 5) is 40.8. The van der Waals surface area contributed by atoms with Crippen LogP contribution in [0.4, 0.5) is 10.5 Å². The number of nitrogens with zero attached hydrogens (tertiary/aromatic N) is 2. The molecular formula is C29H32N4O3. The lowest BCUT2D eigenvalue weighted by molar-refractivity contribution is -0.118. The summed E-state index contributed by atoms with van der Waals surface area (Å²) in [5, 5.41) is 5.98. The molecule has 7 heteroatoms. The number of carbonyl (C=O) groups is 2. The van der Waals surface area contributed by atoms with Crippen LogP contribution in [0.5, 0.6) is 0 Å². The van der Waals surface area contributed by atoms with Crippen molar-refractivity contribution >= 4 is 17.6 Å². The highest BCUT2D eigenvalue weighted by atomic mass is 16.2. The maximum atomic E-state index is 13.4. The van der Waals surface area contributed by atoms with Gasteiger partial charge in [-0.15, -0.1) is 0 Å². The van der Waals surface area contributed by atoms with Gasteiger partial charge in [0.05, 0.1) is 0 Å². The number of rotatable bonds is 6. The van der Waals surface area contributed by atoms with Gasteiger partial charge in [0.2, 0.25) is 5.91 Å². The number of fused-ring (bicyclic) bond motifs is 4. The molecule has 1 aromatic heterocycles. The summed E-state index contributed by atoms with van der Waals surface area (Å²) in [5.74, 6) is 0.0989. The summed E-state index contributed by atoms with van der Waals surface area (Å²) in [6, 6.07) is 21.9. The summed E-state index contributed by atoms with van der Waals surface area (Å²) in [6.45, 7) is 3.81. The minimum atomic E-state index is -0.720. The van der Waals surface area contributed by atoms with E-state index in [1.165, 1.54) is 5.56 Å². The van der Waals surface area contributed by atoms with Crippen LogP contribution in [-0.2, 0) is 24.2 Å². The van der Waals surface area contributed by atoms with Crippen LogP contribution in [0.15, 0.2) is 77.6 Å². The zero-order valence-electron chi connectivity index (χ0n) is 20.5. The topological polar surface area (TPSA) is 83.4 Å². The van der Waals surface area contributed by atoms with Gasteiger partial charge in [0.1, 0.15) is 6.04 Å². The Morgan fingerprint density at radius 3 is 2.44 bits per heavy atom. The predicted molar refractivity (Wildman–Crippen MR) is 140 cm³/mol. The molecule has 3 atom stereocenters. The van der Waals surface area contributed by atoms with Crippen LogP contribution in [0, 0.1) is 5.92 Å². The van der Waals surface area contributed by atoms with Gasteiger partial charge < -0.3 is 20.1 Å². The molecule has 1 saturated heterocycles. The fraction of sp³-hybridized carbons (Fsp3) is 0.345. The molecule has 2 aromatic carbocycles. The van der Waals surface area contributed by atoms with Crippen molar-refractivity contribution in [3.63, 3.8) is 0 Å². The minimum absolute atomic E-state index is 0.0201. The van der Waals surface area contributed by atoms with E-state index in [9.17, 15) is 14.4 Å². The van der Waals surface area contributed by atoms with Crippen molar-refractivity contribution in [1.82, 2.24) is 14.8 Å². The molecule has 1 fully saturated rings. The Morgan fingerprint density at radius 1 is 0.917 bits per heavy atom. The van der Waals surface area contributed by atoms with Gasteiger partial charge in [0, 0.05) is 49.4 Å². The van der Waals surface area contributed by atoms with Crippen molar-refractivity contribution in [2.24, 2.45) is 5.92 Å². The first-order chi connectivity index (χ1) is 17.5. The molecule has 0 aliphatic carbocycles. The molecule has 2 N–H and O–H groups in total. The van der Waals surface area contributed by atoms with Gasteiger partial charge in [-0.25, -0.2) is 4.79 Å². The molecule has 7 nitrogen and oxygen atoms in total. The van der Waals surface area contributed by atoms with Crippen molar-refractivity contribution in [3.8, 4) is 0 Å². The zero-order valence-corrected chi connectivity index (χ0v) is 20.5. The predicted octanol–water partition coefficient (Wildman–Crippen LogP) is 3.79. The normalized spacial score (nSPS) is 19.2. The Kier molecular flexibility index (Phi) is 6.89. The number of nitrogens with one attached hydrogen (secondary N) is 2. The Bertz CT molecular complexity index is 1290. The van der Waals surface area contributed by atoms with Crippen LogP contribution >= 0.6 is 0 Å². The van der Waals surface area contributed by atoms with Crippen LogP contribution in [0.3, 0.4) is 0 Å². The van der Waals surface area contributed by atoms with E-state index in [0.717, 1.165) is 24.1 Å². The van der Waals surface area contributed by atoms with Crippen molar-refractivity contribution in [1.29, 1.82) is 0 Å². The lowest BCUT2D eigenvalue weighted by atomic mass is 9.83. The highest BCUT2D eigenvalue weighted by Gasteiger charge is 2.37. The summed E-state index contributed by atoms with van der Waals surface area (Å²) in [5.41, 5.74) is 3.89. The average molecular weight is 485 g/mol. The van der Waals surface area contributed by atoms with Crippen LogP contribution in [0.1, 0.15) is 36.1 Å². The van der Waals surface area contributed by atoms with E-state index in [2.05, 4.69) is 17.6 Å². The van der Waals surface area contributed by atoms with E-state index in [4.69, 9.17) is 0 Å². The van der Waals surface area contributed by atoms with Gasteiger partial charge in [-0.1, -0.05) is 55.5 Å². The number of benzene rings is 2. The maximum absolute atomic E-state index is 13.4. The van der Waals surface area contributed by atoms with E-state index < -0.39 is 6.04 Å². The molecule has 186 valence electrons. The highest BCUT2D eigenvalue weighted by molar-refractivity contribution is 5.97. The van der Waals surface area contributed by atoms with Crippen LogP contribution in [-0.4, -0.2) is 40.5 Å². The SMILES string of the molecule is CCc1ccc(NC(=O)C(Cc2ccccc2)NC(=O)N2CC3CC(C2)c2cccc(=O)n2C3)cc1.